The molecule has 0 saturated heterocycles. The third-order valence-electron chi connectivity index (χ3n) is 5.64. The lowest BCUT2D eigenvalue weighted by Crippen LogP contribution is -2.58. The van der Waals surface area contributed by atoms with Crippen LogP contribution in [-0.4, -0.2) is 93.9 Å². The van der Waals surface area contributed by atoms with Crippen molar-refractivity contribution in [3.8, 4) is 0 Å². The van der Waals surface area contributed by atoms with E-state index < -0.39 is 61.1 Å². The van der Waals surface area contributed by atoms with Crippen LogP contribution in [-0.2, 0) is 25.6 Å². The lowest BCUT2D eigenvalue weighted by Gasteiger charge is -2.24. The van der Waals surface area contributed by atoms with Gasteiger partial charge in [0.25, 0.3) is 0 Å². The number of para-hydroxylation sites is 1. The highest BCUT2D eigenvalue weighted by molar-refractivity contribution is 5.94. The quantitative estimate of drug-likeness (QED) is 0.0614. The first-order valence-corrected chi connectivity index (χ1v) is 11.8. The summed E-state index contributed by atoms with van der Waals surface area (Å²) in [5, 5.41) is 36.3. The summed E-state index contributed by atoms with van der Waals surface area (Å²) in [4.78, 5) is 56.5. The van der Waals surface area contributed by atoms with Crippen molar-refractivity contribution >= 4 is 40.6 Å². The summed E-state index contributed by atoms with van der Waals surface area (Å²) in [6.07, 6.45) is 1.88. The monoisotopic (exact) mass is 534 g/mol. The summed E-state index contributed by atoms with van der Waals surface area (Å²) in [5.41, 5.74) is 17.5. The fourth-order valence-corrected chi connectivity index (χ4v) is 3.59. The molecule has 13 N–H and O–H groups in total. The average molecular weight is 535 g/mol. The number of nitrogens with zero attached hydrogens (tertiary/aromatic N) is 1. The number of amides is 3. The summed E-state index contributed by atoms with van der Waals surface area (Å²) in [6, 6.07) is 1.88. The highest BCUT2D eigenvalue weighted by Crippen LogP contribution is 2.19. The molecule has 3 amide bonds. The Morgan fingerprint density at radius 1 is 0.921 bits per heavy atom. The van der Waals surface area contributed by atoms with Gasteiger partial charge in [-0.2, -0.15) is 0 Å². The van der Waals surface area contributed by atoms with Crippen LogP contribution < -0.4 is 33.2 Å². The Hall–Kier alpha value is -4.21. The minimum atomic E-state index is -1.52. The second-order valence-electron chi connectivity index (χ2n) is 8.51. The number of nitrogens with one attached hydrogen (secondary N) is 4. The van der Waals surface area contributed by atoms with Crippen molar-refractivity contribution in [2.24, 2.45) is 22.2 Å². The van der Waals surface area contributed by atoms with E-state index in [4.69, 9.17) is 22.3 Å². The third kappa shape index (κ3) is 8.72. The van der Waals surface area contributed by atoms with Gasteiger partial charge < -0.3 is 53.5 Å². The maximum Gasteiger partial charge on any atom is 0.326 e. The highest BCUT2D eigenvalue weighted by Gasteiger charge is 2.30. The van der Waals surface area contributed by atoms with Crippen molar-refractivity contribution in [3.05, 3.63) is 36.0 Å². The van der Waals surface area contributed by atoms with Gasteiger partial charge in [-0.15, -0.1) is 0 Å². The summed E-state index contributed by atoms with van der Waals surface area (Å²) in [7, 11) is 0. The topological polar surface area (TPSA) is 271 Å². The lowest BCUT2D eigenvalue weighted by atomic mass is 10.0. The molecule has 0 bridgehead atoms. The van der Waals surface area contributed by atoms with Gasteiger partial charge >= 0.3 is 5.97 Å². The first-order chi connectivity index (χ1) is 18.1. The first-order valence-electron chi connectivity index (χ1n) is 11.8. The van der Waals surface area contributed by atoms with Crippen molar-refractivity contribution in [1.82, 2.24) is 20.9 Å². The Morgan fingerprint density at radius 3 is 2.18 bits per heavy atom. The van der Waals surface area contributed by atoms with Crippen LogP contribution in [0, 0.1) is 0 Å². The standard InChI is InChI=1S/C23H34N8O7/c24-14(10-32)19(34)29-16(6-3-7-27-23(25)26)20(35)31-18(11-33)21(36)30-17(22(37)38)8-12-9-28-15-5-2-1-4-13(12)15/h1-2,4-5,9,14,16-18,28,32-33H,3,6-8,10-11,24H2,(H,29,34)(H,30,36)(H,31,35)(H,37,38)(H4,25,26,27). The van der Waals surface area contributed by atoms with E-state index in [1.165, 1.54) is 0 Å². The van der Waals surface area contributed by atoms with E-state index in [0.717, 1.165) is 10.9 Å². The average Bonchev–Trinajstić information content (AvgIpc) is 3.30. The van der Waals surface area contributed by atoms with Gasteiger partial charge in [0.15, 0.2) is 5.96 Å². The zero-order chi connectivity index (χ0) is 28.2. The van der Waals surface area contributed by atoms with Crippen molar-refractivity contribution in [2.75, 3.05) is 19.8 Å². The van der Waals surface area contributed by atoms with Crippen LogP contribution >= 0.6 is 0 Å². The molecule has 15 heteroatoms. The van der Waals surface area contributed by atoms with E-state index in [1.807, 2.05) is 18.2 Å². The van der Waals surface area contributed by atoms with E-state index in [-0.39, 0.29) is 31.8 Å². The number of carboxylic acids is 1. The van der Waals surface area contributed by atoms with Crippen LogP contribution in [0.3, 0.4) is 0 Å². The number of aliphatic hydroxyl groups is 2. The number of fused-ring (bicyclic) bond motifs is 1. The molecule has 38 heavy (non-hydrogen) atoms. The summed E-state index contributed by atoms with van der Waals surface area (Å²) < 4.78 is 0. The molecular formula is C23H34N8O7. The largest absolute Gasteiger partial charge is 0.480 e. The van der Waals surface area contributed by atoms with E-state index in [1.54, 1.807) is 12.3 Å². The minimum Gasteiger partial charge on any atom is -0.480 e. The van der Waals surface area contributed by atoms with Crippen molar-refractivity contribution in [2.45, 2.75) is 43.4 Å². The molecule has 1 heterocycles. The number of benzene rings is 1. The van der Waals surface area contributed by atoms with Crippen LogP contribution in [0.4, 0.5) is 0 Å². The predicted molar refractivity (Wildman–Crippen MR) is 137 cm³/mol. The molecule has 0 spiro atoms. The van der Waals surface area contributed by atoms with Crippen molar-refractivity contribution < 1.29 is 34.5 Å². The molecule has 2 aromatic rings. The van der Waals surface area contributed by atoms with Crippen LogP contribution in [0.5, 0.6) is 0 Å². The maximum absolute atomic E-state index is 12.9. The number of hydrogen-bond acceptors (Lipinski definition) is 8. The van der Waals surface area contributed by atoms with E-state index >= 15 is 0 Å². The number of aromatic amines is 1. The Morgan fingerprint density at radius 2 is 1.55 bits per heavy atom. The molecule has 0 aliphatic rings. The summed E-state index contributed by atoms with van der Waals surface area (Å²) in [5.74, 6) is -4.06. The predicted octanol–water partition coefficient (Wildman–Crippen LogP) is -3.39. The number of aliphatic carboxylic acids is 1. The normalized spacial score (nSPS) is 14.1. The van der Waals surface area contributed by atoms with E-state index in [2.05, 4.69) is 25.9 Å². The Kier molecular flexibility index (Phi) is 11.5. The van der Waals surface area contributed by atoms with Gasteiger partial charge in [0, 0.05) is 30.1 Å². The fraction of sp³-hybridized carbons (Fsp3) is 0.435. The number of aliphatic hydroxyl groups excluding tert-OH is 2. The molecule has 0 aliphatic carbocycles. The van der Waals surface area contributed by atoms with Gasteiger partial charge in [-0.1, -0.05) is 18.2 Å². The third-order valence-corrected chi connectivity index (χ3v) is 5.64. The second kappa shape index (κ2) is 14.5. The molecule has 2 rings (SSSR count). The number of H-pyrrole nitrogens is 1. The number of rotatable bonds is 15. The molecule has 4 unspecified atom stereocenters. The number of carbonyl (C=O) groups is 4. The zero-order valence-electron chi connectivity index (χ0n) is 20.6. The number of nitrogens with two attached hydrogens (primary N) is 3. The van der Waals surface area contributed by atoms with Gasteiger partial charge in [-0.05, 0) is 24.5 Å². The van der Waals surface area contributed by atoms with Crippen LogP contribution in [0.25, 0.3) is 10.9 Å². The molecule has 1 aromatic carbocycles. The molecule has 1 aromatic heterocycles. The maximum atomic E-state index is 12.9. The minimum absolute atomic E-state index is 0.0323. The first kappa shape index (κ1) is 30.0. The van der Waals surface area contributed by atoms with Gasteiger partial charge in [-0.3, -0.25) is 19.4 Å². The molecule has 0 radical (unpaired) electrons. The number of carboxylic acid groups (broad SMARTS) is 1. The van der Waals surface area contributed by atoms with Crippen molar-refractivity contribution in [1.29, 1.82) is 0 Å². The lowest BCUT2D eigenvalue weighted by molar-refractivity contribution is -0.142. The van der Waals surface area contributed by atoms with Crippen LogP contribution in [0.2, 0.25) is 0 Å². The zero-order valence-corrected chi connectivity index (χ0v) is 20.6. The molecule has 0 fully saturated rings. The second-order valence-corrected chi connectivity index (χ2v) is 8.51. The number of carbonyl (C=O) groups excluding carboxylic acids is 3. The number of guanidine groups is 1. The smallest absolute Gasteiger partial charge is 0.326 e. The SMILES string of the molecule is NC(N)=NCCCC(NC(=O)C(N)CO)C(=O)NC(CO)C(=O)NC(Cc1c[nH]c2ccccc12)C(=O)O. The van der Waals surface area contributed by atoms with Crippen molar-refractivity contribution in [3.63, 3.8) is 0 Å². The van der Waals surface area contributed by atoms with Crippen LogP contribution in [0.15, 0.2) is 35.5 Å². The summed E-state index contributed by atoms with van der Waals surface area (Å²) in [6.45, 7) is -1.36. The number of aliphatic imine (C=N–C) groups is 1. The molecular weight excluding hydrogens is 500 g/mol. The van der Waals surface area contributed by atoms with Gasteiger partial charge in [0.1, 0.15) is 24.2 Å². The summed E-state index contributed by atoms with van der Waals surface area (Å²) >= 11 is 0. The Labute approximate surface area is 217 Å². The fourth-order valence-electron chi connectivity index (χ4n) is 3.59. The van der Waals surface area contributed by atoms with Gasteiger partial charge in [0.2, 0.25) is 17.7 Å². The molecule has 0 aliphatic heterocycles. The van der Waals surface area contributed by atoms with Gasteiger partial charge in [-0.25, -0.2) is 4.79 Å². The Balaban J connectivity index is 2.09. The Bertz CT molecular complexity index is 1150. The number of hydrogen-bond donors (Lipinski definition) is 10. The van der Waals surface area contributed by atoms with E-state index in [0.29, 0.717) is 5.56 Å². The highest BCUT2D eigenvalue weighted by atomic mass is 16.4. The molecule has 4 atom stereocenters. The molecule has 208 valence electrons. The van der Waals surface area contributed by atoms with Gasteiger partial charge in [0.05, 0.1) is 13.2 Å². The number of aromatic nitrogens is 1. The molecule has 0 saturated carbocycles. The van der Waals surface area contributed by atoms with E-state index in [9.17, 15) is 29.4 Å². The van der Waals surface area contributed by atoms with Crippen LogP contribution in [0.1, 0.15) is 18.4 Å². The molecule has 15 nitrogen and oxygen atoms in total.